The molecule has 2 fully saturated rings. The predicted molar refractivity (Wildman–Crippen MR) is 44.1 cm³/mol. The molecular formula is C10H16F2. The highest BCUT2D eigenvalue weighted by Gasteiger charge is 2.72. The first-order chi connectivity index (χ1) is 5.33. The Bertz CT molecular complexity index is 188. The van der Waals surface area contributed by atoms with Crippen LogP contribution in [0.3, 0.4) is 0 Å². The average molecular weight is 174 g/mol. The standard InChI is InChI=1S/C10H16F2/c1-9(2,3)6-4-7-8(5-6)10(7,11)12/h6-8H,4-5H2,1-3H3/t6?,7-,8+. The first kappa shape index (κ1) is 8.46. The van der Waals surface area contributed by atoms with E-state index in [1.807, 2.05) is 0 Å². The highest BCUT2D eigenvalue weighted by atomic mass is 19.3. The maximum absolute atomic E-state index is 12.8. The smallest absolute Gasteiger partial charge is 0.206 e. The summed E-state index contributed by atoms with van der Waals surface area (Å²) >= 11 is 0. The van der Waals surface area contributed by atoms with E-state index < -0.39 is 5.92 Å². The highest BCUT2D eigenvalue weighted by Crippen LogP contribution is 2.67. The van der Waals surface area contributed by atoms with E-state index in [1.165, 1.54) is 0 Å². The lowest BCUT2D eigenvalue weighted by Crippen LogP contribution is -2.21. The molecule has 0 saturated heterocycles. The molecule has 70 valence electrons. The van der Waals surface area contributed by atoms with Gasteiger partial charge in [0.15, 0.2) is 0 Å². The minimum absolute atomic E-state index is 0.226. The minimum Gasteiger partial charge on any atom is -0.206 e. The zero-order valence-corrected chi connectivity index (χ0v) is 7.90. The summed E-state index contributed by atoms with van der Waals surface area (Å²) in [6.07, 6.45) is 1.50. The zero-order chi connectivity index (χ0) is 9.15. The Morgan fingerprint density at radius 1 is 1.08 bits per heavy atom. The lowest BCUT2D eigenvalue weighted by atomic mass is 9.78. The summed E-state index contributed by atoms with van der Waals surface area (Å²) in [6.45, 7) is 6.46. The van der Waals surface area contributed by atoms with Crippen molar-refractivity contribution in [3.63, 3.8) is 0 Å². The van der Waals surface area contributed by atoms with Crippen LogP contribution in [0.4, 0.5) is 8.78 Å². The SMILES string of the molecule is CC(C)(C)C1C[C@@H]2[C@H](C1)C2(F)F. The van der Waals surface area contributed by atoms with Gasteiger partial charge in [0.05, 0.1) is 0 Å². The third-order valence-corrected chi connectivity index (χ3v) is 3.67. The molecular weight excluding hydrogens is 158 g/mol. The first-order valence-corrected chi connectivity index (χ1v) is 4.71. The molecule has 2 aliphatic carbocycles. The van der Waals surface area contributed by atoms with Crippen LogP contribution in [0.15, 0.2) is 0 Å². The molecule has 0 spiro atoms. The molecule has 2 heteroatoms. The quantitative estimate of drug-likeness (QED) is 0.528. The predicted octanol–water partition coefficient (Wildman–Crippen LogP) is 3.32. The van der Waals surface area contributed by atoms with E-state index in [4.69, 9.17) is 0 Å². The normalized spacial score (nSPS) is 44.2. The molecule has 0 aromatic rings. The van der Waals surface area contributed by atoms with E-state index in [0.29, 0.717) is 5.92 Å². The fourth-order valence-corrected chi connectivity index (χ4v) is 2.52. The molecule has 0 bridgehead atoms. The van der Waals surface area contributed by atoms with Crippen LogP contribution in [0, 0.1) is 23.2 Å². The average Bonchev–Trinajstić information content (AvgIpc) is 2.31. The Morgan fingerprint density at radius 3 is 1.83 bits per heavy atom. The number of rotatable bonds is 0. The Labute approximate surface area is 72.3 Å². The van der Waals surface area contributed by atoms with Crippen LogP contribution in [0.2, 0.25) is 0 Å². The van der Waals surface area contributed by atoms with Crippen molar-refractivity contribution in [1.82, 2.24) is 0 Å². The lowest BCUT2D eigenvalue weighted by molar-refractivity contribution is 0.0494. The summed E-state index contributed by atoms with van der Waals surface area (Å²) in [4.78, 5) is 0. The van der Waals surface area contributed by atoms with Gasteiger partial charge in [-0.15, -0.1) is 0 Å². The van der Waals surface area contributed by atoms with Crippen LogP contribution in [-0.2, 0) is 0 Å². The third-order valence-electron chi connectivity index (χ3n) is 3.67. The molecule has 2 saturated carbocycles. The molecule has 0 N–H and O–H groups in total. The summed E-state index contributed by atoms with van der Waals surface area (Å²) in [5, 5.41) is 0. The molecule has 0 aromatic heterocycles. The molecule has 0 nitrogen and oxygen atoms in total. The van der Waals surface area contributed by atoms with Crippen molar-refractivity contribution >= 4 is 0 Å². The first-order valence-electron chi connectivity index (χ1n) is 4.71. The van der Waals surface area contributed by atoms with Crippen LogP contribution < -0.4 is 0 Å². The number of fused-ring (bicyclic) bond motifs is 1. The van der Waals surface area contributed by atoms with Gasteiger partial charge < -0.3 is 0 Å². The van der Waals surface area contributed by atoms with Gasteiger partial charge in [0.1, 0.15) is 0 Å². The molecule has 0 aliphatic heterocycles. The maximum atomic E-state index is 12.8. The molecule has 0 radical (unpaired) electrons. The van der Waals surface area contributed by atoms with Crippen LogP contribution in [0.5, 0.6) is 0 Å². The van der Waals surface area contributed by atoms with E-state index in [0.717, 1.165) is 12.8 Å². The molecule has 0 amide bonds. The number of hydrogen-bond acceptors (Lipinski definition) is 0. The fraction of sp³-hybridized carbons (Fsp3) is 1.00. The second kappa shape index (κ2) is 2.02. The van der Waals surface area contributed by atoms with E-state index in [9.17, 15) is 8.78 Å². The summed E-state index contributed by atoms with van der Waals surface area (Å²) < 4.78 is 25.6. The van der Waals surface area contributed by atoms with Gasteiger partial charge >= 0.3 is 0 Å². The van der Waals surface area contributed by atoms with Gasteiger partial charge in [0, 0.05) is 11.8 Å². The maximum Gasteiger partial charge on any atom is 0.254 e. The van der Waals surface area contributed by atoms with Gasteiger partial charge in [0.25, 0.3) is 5.92 Å². The van der Waals surface area contributed by atoms with Gasteiger partial charge in [0.2, 0.25) is 0 Å². The number of alkyl halides is 2. The van der Waals surface area contributed by atoms with Crippen molar-refractivity contribution in [3.8, 4) is 0 Å². The van der Waals surface area contributed by atoms with E-state index >= 15 is 0 Å². The number of halogens is 2. The largest absolute Gasteiger partial charge is 0.254 e. The Hall–Kier alpha value is -0.140. The van der Waals surface area contributed by atoms with Gasteiger partial charge in [-0.25, -0.2) is 8.78 Å². The molecule has 2 rings (SSSR count). The molecule has 3 atom stereocenters. The summed E-state index contributed by atoms with van der Waals surface area (Å²) in [6, 6.07) is 0. The van der Waals surface area contributed by atoms with E-state index in [1.54, 1.807) is 0 Å². The van der Waals surface area contributed by atoms with Gasteiger partial charge in [-0.05, 0) is 24.2 Å². The summed E-state index contributed by atoms with van der Waals surface area (Å²) in [7, 11) is 0. The van der Waals surface area contributed by atoms with Crippen molar-refractivity contribution in [1.29, 1.82) is 0 Å². The van der Waals surface area contributed by atoms with Crippen LogP contribution in [-0.4, -0.2) is 5.92 Å². The third kappa shape index (κ3) is 0.997. The Kier molecular flexibility index (Phi) is 1.42. The van der Waals surface area contributed by atoms with Crippen molar-refractivity contribution in [2.45, 2.75) is 39.5 Å². The topological polar surface area (TPSA) is 0 Å². The molecule has 12 heavy (non-hydrogen) atoms. The van der Waals surface area contributed by atoms with Crippen molar-refractivity contribution in [2.24, 2.45) is 23.2 Å². The van der Waals surface area contributed by atoms with Crippen LogP contribution >= 0.6 is 0 Å². The number of hydrogen-bond donors (Lipinski definition) is 0. The zero-order valence-electron chi connectivity index (χ0n) is 7.90. The molecule has 0 aromatic carbocycles. The van der Waals surface area contributed by atoms with Crippen LogP contribution in [0.1, 0.15) is 33.6 Å². The lowest BCUT2D eigenvalue weighted by Gasteiger charge is -2.28. The second-order valence-corrected chi connectivity index (χ2v) is 5.42. The molecule has 1 unspecified atom stereocenters. The van der Waals surface area contributed by atoms with Crippen molar-refractivity contribution in [2.75, 3.05) is 0 Å². The summed E-state index contributed by atoms with van der Waals surface area (Å²) in [5.41, 5.74) is 0.226. The Morgan fingerprint density at radius 2 is 1.50 bits per heavy atom. The van der Waals surface area contributed by atoms with Gasteiger partial charge in [-0.3, -0.25) is 0 Å². The van der Waals surface area contributed by atoms with Gasteiger partial charge in [-0.2, -0.15) is 0 Å². The monoisotopic (exact) mass is 174 g/mol. The van der Waals surface area contributed by atoms with Crippen LogP contribution in [0.25, 0.3) is 0 Å². The highest BCUT2D eigenvalue weighted by molar-refractivity contribution is 5.12. The molecule has 2 aliphatic rings. The fourth-order valence-electron chi connectivity index (χ4n) is 2.52. The summed E-state index contributed by atoms with van der Waals surface area (Å²) in [5.74, 6) is -2.29. The second-order valence-electron chi connectivity index (χ2n) is 5.42. The molecule has 0 heterocycles. The van der Waals surface area contributed by atoms with Crippen molar-refractivity contribution in [3.05, 3.63) is 0 Å². The van der Waals surface area contributed by atoms with E-state index in [2.05, 4.69) is 20.8 Å². The Balaban J connectivity index is 1.99. The minimum atomic E-state index is -2.29. The van der Waals surface area contributed by atoms with Gasteiger partial charge in [-0.1, -0.05) is 20.8 Å². The van der Waals surface area contributed by atoms with E-state index in [-0.39, 0.29) is 17.3 Å². The van der Waals surface area contributed by atoms with Crippen molar-refractivity contribution < 1.29 is 8.78 Å².